The molecule has 4 nitrogen and oxygen atoms in total. The number of hydrogen-bond donors (Lipinski definition) is 2. The van der Waals surface area contributed by atoms with E-state index in [9.17, 15) is 0 Å². The average molecular weight is 214 g/mol. The van der Waals surface area contributed by atoms with Crippen molar-refractivity contribution in [1.82, 2.24) is 15.8 Å². The summed E-state index contributed by atoms with van der Waals surface area (Å²) in [6.45, 7) is 15.4. The second kappa shape index (κ2) is 6.67. The van der Waals surface area contributed by atoms with Gasteiger partial charge in [0.05, 0.1) is 0 Å². The standard InChI is InChI=1S/C11H26N4/c1-7-12-10(13-11(4,5)6)14-15(8-2)9-3/h7-9H2,1-6H3,(H2,12,13,14). The van der Waals surface area contributed by atoms with E-state index in [0.717, 1.165) is 25.6 Å². The summed E-state index contributed by atoms with van der Waals surface area (Å²) >= 11 is 0. The molecule has 0 radical (unpaired) electrons. The minimum atomic E-state index is 0.0359. The van der Waals surface area contributed by atoms with Crippen LogP contribution in [-0.4, -0.2) is 36.1 Å². The molecular weight excluding hydrogens is 188 g/mol. The fourth-order valence-corrected chi connectivity index (χ4v) is 1.15. The quantitative estimate of drug-likeness (QED) is 0.424. The van der Waals surface area contributed by atoms with Gasteiger partial charge in [0.2, 0.25) is 5.96 Å². The highest BCUT2D eigenvalue weighted by atomic mass is 15.5. The molecule has 0 aromatic heterocycles. The minimum Gasteiger partial charge on any atom is -0.351 e. The van der Waals surface area contributed by atoms with Crippen LogP contribution in [0.5, 0.6) is 0 Å². The second-order valence-corrected chi connectivity index (χ2v) is 4.48. The van der Waals surface area contributed by atoms with Crippen molar-refractivity contribution >= 4 is 5.96 Å². The molecule has 0 aliphatic rings. The zero-order valence-corrected chi connectivity index (χ0v) is 11.0. The molecule has 0 aromatic carbocycles. The first-order valence-electron chi connectivity index (χ1n) is 5.77. The predicted octanol–water partition coefficient (Wildman–Crippen LogP) is 1.60. The Morgan fingerprint density at radius 3 is 2.00 bits per heavy atom. The van der Waals surface area contributed by atoms with Crippen LogP contribution in [0.3, 0.4) is 0 Å². The van der Waals surface area contributed by atoms with Gasteiger partial charge in [0.15, 0.2) is 0 Å². The summed E-state index contributed by atoms with van der Waals surface area (Å²) in [7, 11) is 0. The van der Waals surface area contributed by atoms with Gasteiger partial charge in [0.25, 0.3) is 0 Å². The first-order valence-corrected chi connectivity index (χ1v) is 5.77. The van der Waals surface area contributed by atoms with Crippen LogP contribution in [0.2, 0.25) is 0 Å². The molecule has 0 rings (SSSR count). The Bertz CT molecular complexity index is 189. The van der Waals surface area contributed by atoms with Gasteiger partial charge in [0, 0.05) is 25.2 Å². The Morgan fingerprint density at radius 2 is 1.67 bits per heavy atom. The van der Waals surface area contributed by atoms with Crippen LogP contribution in [0.25, 0.3) is 0 Å². The Labute approximate surface area is 94.1 Å². The van der Waals surface area contributed by atoms with Crippen molar-refractivity contribution in [3.8, 4) is 0 Å². The largest absolute Gasteiger partial charge is 0.351 e. The predicted molar refractivity (Wildman–Crippen MR) is 66.9 cm³/mol. The molecule has 0 aliphatic heterocycles. The fourth-order valence-electron chi connectivity index (χ4n) is 1.15. The van der Waals surface area contributed by atoms with Gasteiger partial charge in [-0.25, -0.2) is 5.01 Å². The van der Waals surface area contributed by atoms with E-state index < -0.39 is 0 Å². The third-order valence-corrected chi connectivity index (χ3v) is 1.84. The van der Waals surface area contributed by atoms with Crippen LogP contribution >= 0.6 is 0 Å². The van der Waals surface area contributed by atoms with E-state index in [1.807, 2.05) is 6.92 Å². The number of nitrogens with zero attached hydrogens (tertiary/aromatic N) is 2. The van der Waals surface area contributed by atoms with Gasteiger partial charge >= 0.3 is 0 Å². The molecule has 0 fully saturated rings. The van der Waals surface area contributed by atoms with Gasteiger partial charge in [-0.15, -0.1) is 0 Å². The molecule has 0 amide bonds. The Kier molecular flexibility index (Phi) is 6.32. The average Bonchev–Trinajstić information content (AvgIpc) is 2.11. The lowest BCUT2D eigenvalue weighted by Crippen LogP contribution is -2.53. The number of rotatable bonds is 4. The zero-order valence-electron chi connectivity index (χ0n) is 11.0. The minimum absolute atomic E-state index is 0.0359. The topological polar surface area (TPSA) is 39.7 Å². The fraction of sp³-hybridized carbons (Fsp3) is 0.909. The van der Waals surface area contributed by atoms with Crippen molar-refractivity contribution in [2.45, 2.75) is 47.1 Å². The summed E-state index contributed by atoms with van der Waals surface area (Å²) in [5.41, 5.74) is 3.32. The molecule has 90 valence electrons. The molecular formula is C11H26N4. The van der Waals surface area contributed by atoms with Gasteiger partial charge in [0.1, 0.15) is 0 Å². The molecule has 0 unspecified atom stereocenters. The van der Waals surface area contributed by atoms with E-state index in [4.69, 9.17) is 0 Å². The van der Waals surface area contributed by atoms with E-state index in [2.05, 4.69) is 55.4 Å². The lowest BCUT2D eigenvalue weighted by molar-refractivity contribution is 0.255. The third kappa shape index (κ3) is 7.19. The van der Waals surface area contributed by atoms with Crippen LogP contribution in [0.15, 0.2) is 4.99 Å². The molecule has 0 saturated heterocycles. The van der Waals surface area contributed by atoms with E-state index in [1.165, 1.54) is 0 Å². The van der Waals surface area contributed by atoms with Crippen molar-refractivity contribution in [2.75, 3.05) is 19.6 Å². The first-order chi connectivity index (χ1) is 6.92. The van der Waals surface area contributed by atoms with Crippen molar-refractivity contribution in [1.29, 1.82) is 0 Å². The van der Waals surface area contributed by atoms with Gasteiger partial charge in [-0.05, 0) is 27.7 Å². The molecule has 4 heteroatoms. The SMILES string of the molecule is CCN=C(NN(CC)CC)NC(C)(C)C. The first kappa shape index (κ1) is 14.2. The van der Waals surface area contributed by atoms with E-state index in [0.29, 0.717) is 0 Å². The summed E-state index contributed by atoms with van der Waals surface area (Å²) in [4.78, 5) is 4.40. The summed E-state index contributed by atoms with van der Waals surface area (Å²) in [6.07, 6.45) is 0. The van der Waals surface area contributed by atoms with Crippen molar-refractivity contribution in [3.63, 3.8) is 0 Å². The number of hydrogen-bond acceptors (Lipinski definition) is 2. The number of nitrogens with one attached hydrogen (secondary N) is 2. The van der Waals surface area contributed by atoms with Crippen LogP contribution in [0.1, 0.15) is 41.5 Å². The normalized spacial score (nSPS) is 13.1. The van der Waals surface area contributed by atoms with Gasteiger partial charge in [-0.3, -0.25) is 10.4 Å². The molecule has 0 bridgehead atoms. The Hall–Kier alpha value is -0.770. The van der Waals surface area contributed by atoms with E-state index >= 15 is 0 Å². The number of hydrazine groups is 1. The lowest BCUT2D eigenvalue weighted by Gasteiger charge is -2.28. The smallest absolute Gasteiger partial charge is 0.206 e. The van der Waals surface area contributed by atoms with Crippen LogP contribution in [0, 0.1) is 0 Å². The molecule has 0 atom stereocenters. The molecule has 15 heavy (non-hydrogen) atoms. The third-order valence-electron chi connectivity index (χ3n) is 1.84. The lowest BCUT2D eigenvalue weighted by atomic mass is 10.1. The molecule has 2 N–H and O–H groups in total. The maximum absolute atomic E-state index is 4.40. The maximum Gasteiger partial charge on any atom is 0.206 e. The maximum atomic E-state index is 4.40. The zero-order chi connectivity index (χ0) is 11.9. The van der Waals surface area contributed by atoms with Gasteiger partial charge in [-0.1, -0.05) is 13.8 Å². The highest BCUT2D eigenvalue weighted by Gasteiger charge is 2.13. The summed E-state index contributed by atoms with van der Waals surface area (Å²) < 4.78 is 0. The van der Waals surface area contributed by atoms with Crippen LogP contribution in [0.4, 0.5) is 0 Å². The molecule has 0 aliphatic carbocycles. The molecule has 0 spiro atoms. The van der Waals surface area contributed by atoms with Gasteiger partial charge < -0.3 is 5.32 Å². The Morgan fingerprint density at radius 1 is 1.13 bits per heavy atom. The van der Waals surface area contributed by atoms with E-state index in [-0.39, 0.29) is 5.54 Å². The van der Waals surface area contributed by atoms with Crippen molar-refractivity contribution < 1.29 is 0 Å². The summed E-state index contributed by atoms with van der Waals surface area (Å²) in [5, 5.41) is 5.47. The number of aliphatic imine (C=N–C) groups is 1. The highest BCUT2D eigenvalue weighted by Crippen LogP contribution is 1.98. The number of guanidine groups is 1. The Balaban J connectivity index is 4.35. The van der Waals surface area contributed by atoms with Gasteiger partial charge in [-0.2, -0.15) is 0 Å². The second-order valence-electron chi connectivity index (χ2n) is 4.48. The van der Waals surface area contributed by atoms with E-state index in [1.54, 1.807) is 0 Å². The monoisotopic (exact) mass is 214 g/mol. The summed E-state index contributed by atoms with van der Waals surface area (Å²) in [5.74, 6) is 0.855. The molecule has 0 heterocycles. The summed E-state index contributed by atoms with van der Waals surface area (Å²) in [6, 6.07) is 0. The van der Waals surface area contributed by atoms with Crippen LogP contribution in [-0.2, 0) is 0 Å². The van der Waals surface area contributed by atoms with Crippen LogP contribution < -0.4 is 10.7 Å². The highest BCUT2D eigenvalue weighted by molar-refractivity contribution is 5.79. The van der Waals surface area contributed by atoms with Crippen molar-refractivity contribution in [3.05, 3.63) is 0 Å². The van der Waals surface area contributed by atoms with Crippen molar-refractivity contribution in [2.24, 2.45) is 4.99 Å². The molecule has 0 saturated carbocycles. The molecule has 0 aromatic rings.